The Morgan fingerprint density at radius 1 is 1.36 bits per heavy atom. The number of nitrogens with two attached hydrogens (primary N) is 2. The summed E-state index contributed by atoms with van der Waals surface area (Å²) in [4.78, 5) is 18.7. The second-order valence-electron chi connectivity index (χ2n) is 7.27. The molecule has 1 aliphatic carbocycles. The van der Waals surface area contributed by atoms with Crippen LogP contribution in [0, 0.1) is 5.92 Å². The Morgan fingerprint density at radius 2 is 2.11 bits per heavy atom. The summed E-state index contributed by atoms with van der Waals surface area (Å²) in [6.07, 6.45) is 0.607. The van der Waals surface area contributed by atoms with Crippen LogP contribution in [0.2, 0.25) is 0 Å². The Labute approximate surface area is 161 Å². The summed E-state index contributed by atoms with van der Waals surface area (Å²) in [5.74, 6) is 0.538. The van der Waals surface area contributed by atoms with Crippen molar-refractivity contribution in [1.29, 1.82) is 0 Å². The number of hydrogen-bond donors (Lipinski definition) is 2. The van der Waals surface area contributed by atoms with E-state index in [4.69, 9.17) is 20.9 Å². The van der Waals surface area contributed by atoms with Gasteiger partial charge < -0.3 is 20.9 Å². The molecule has 1 amide bonds. The first kappa shape index (κ1) is 19.9. The van der Waals surface area contributed by atoms with E-state index >= 15 is 0 Å². The van der Waals surface area contributed by atoms with E-state index in [0.717, 1.165) is 19.3 Å². The number of ether oxygens (including phenoxy) is 2. The summed E-state index contributed by atoms with van der Waals surface area (Å²) >= 11 is 0. The molecule has 1 unspecified atom stereocenters. The zero-order chi connectivity index (χ0) is 20.3. The molecule has 2 heterocycles. The molecular formula is C19H22F2N4O3. The summed E-state index contributed by atoms with van der Waals surface area (Å²) < 4.78 is 37.4. The van der Waals surface area contributed by atoms with Crippen LogP contribution in [0.1, 0.15) is 38.3 Å². The standard InChI is InChI=1S/C19H22F2N4O3/c1-19(23,9-11-2-3-11)10-27-14-5-4-13(25-16(14)17(20)21)12-6-7-24-15(8-12)28-18(22)26/h4-8,11,17H,2-3,9-10,23H2,1H3,(H2,22,26). The SMILES string of the molecule is CC(N)(COc1ccc(-c2ccnc(OC(N)=O)c2)nc1C(F)F)CC1CC1. The molecule has 0 aromatic carbocycles. The number of carbonyl (C=O) groups is 1. The fourth-order valence-electron chi connectivity index (χ4n) is 2.91. The molecule has 4 N–H and O–H groups in total. The van der Waals surface area contributed by atoms with E-state index < -0.39 is 23.8 Å². The summed E-state index contributed by atoms with van der Waals surface area (Å²) in [6, 6.07) is 5.92. The highest BCUT2D eigenvalue weighted by Gasteiger charge is 2.31. The first-order valence-corrected chi connectivity index (χ1v) is 8.88. The fraction of sp³-hybridized carbons (Fsp3) is 0.421. The van der Waals surface area contributed by atoms with Gasteiger partial charge in [-0.1, -0.05) is 12.8 Å². The van der Waals surface area contributed by atoms with Crippen molar-refractivity contribution in [3.63, 3.8) is 0 Å². The van der Waals surface area contributed by atoms with Gasteiger partial charge in [-0.05, 0) is 37.5 Å². The minimum atomic E-state index is -2.83. The normalized spacial score (nSPS) is 15.9. The number of rotatable bonds is 8. The molecule has 0 radical (unpaired) electrons. The summed E-state index contributed by atoms with van der Waals surface area (Å²) in [5, 5.41) is 0. The molecule has 2 aromatic heterocycles. The molecule has 3 rings (SSSR count). The van der Waals surface area contributed by atoms with Crippen LogP contribution in [0.4, 0.5) is 13.6 Å². The lowest BCUT2D eigenvalue weighted by Gasteiger charge is -2.25. The Balaban J connectivity index is 1.80. The number of nitrogens with zero attached hydrogens (tertiary/aromatic N) is 2. The molecule has 28 heavy (non-hydrogen) atoms. The van der Waals surface area contributed by atoms with E-state index in [9.17, 15) is 13.6 Å². The molecule has 150 valence electrons. The van der Waals surface area contributed by atoms with Crippen molar-refractivity contribution >= 4 is 6.09 Å². The topological polar surface area (TPSA) is 113 Å². The van der Waals surface area contributed by atoms with Gasteiger partial charge in [0.1, 0.15) is 18.1 Å². The Kier molecular flexibility index (Phi) is 5.73. The highest BCUT2D eigenvalue weighted by molar-refractivity contribution is 5.69. The highest BCUT2D eigenvalue weighted by atomic mass is 19.3. The Hall–Kier alpha value is -2.81. The first-order chi connectivity index (χ1) is 13.2. The lowest BCUT2D eigenvalue weighted by Crippen LogP contribution is -2.43. The second kappa shape index (κ2) is 8.05. The quantitative estimate of drug-likeness (QED) is 0.711. The molecule has 1 atom stereocenters. The van der Waals surface area contributed by atoms with Gasteiger partial charge in [0, 0.05) is 23.4 Å². The summed E-state index contributed by atoms with van der Waals surface area (Å²) in [6.45, 7) is 1.97. The number of hydrogen-bond acceptors (Lipinski definition) is 6. The molecule has 0 aliphatic heterocycles. The third-order valence-corrected chi connectivity index (χ3v) is 4.34. The van der Waals surface area contributed by atoms with Crippen LogP contribution >= 0.6 is 0 Å². The molecule has 1 fully saturated rings. The van der Waals surface area contributed by atoms with Crippen molar-refractivity contribution in [2.45, 2.75) is 38.2 Å². The third kappa shape index (κ3) is 5.35. The minimum Gasteiger partial charge on any atom is -0.490 e. The molecule has 1 saturated carbocycles. The summed E-state index contributed by atoms with van der Waals surface area (Å²) in [7, 11) is 0. The maximum absolute atomic E-state index is 13.5. The molecule has 9 heteroatoms. The van der Waals surface area contributed by atoms with Crippen molar-refractivity contribution in [2.24, 2.45) is 17.4 Å². The number of halogens is 2. The van der Waals surface area contributed by atoms with Gasteiger partial charge in [-0.15, -0.1) is 0 Å². The van der Waals surface area contributed by atoms with Gasteiger partial charge in [0.15, 0.2) is 0 Å². The van der Waals surface area contributed by atoms with Gasteiger partial charge >= 0.3 is 6.09 Å². The Morgan fingerprint density at radius 3 is 2.75 bits per heavy atom. The van der Waals surface area contributed by atoms with Gasteiger partial charge in [-0.25, -0.2) is 23.5 Å². The van der Waals surface area contributed by atoms with E-state index in [1.165, 1.54) is 18.3 Å². The number of amides is 1. The highest BCUT2D eigenvalue weighted by Crippen LogP contribution is 2.37. The van der Waals surface area contributed by atoms with Gasteiger partial charge in [0.2, 0.25) is 5.88 Å². The average Bonchev–Trinajstić information content (AvgIpc) is 3.43. The van der Waals surface area contributed by atoms with E-state index in [1.807, 2.05) is 6.92 Å². The van der Waals surface area contributed by atoms with Crippen molar-refractivity contribution in [3.05, 3.63) is 36.2 Å². The van der Waals surface area contributed by atoms with E-state index in [2.05, 4.69) is 9.97 Å². The first-order valence-electron chi connectivity index (χ1n) is 8.88. The van der Waals surface area contributed by atoms with Gasteiger partial charge in [0.05, 0.1) is 5.69 Å². The largest absolute Gasteiger partial charge is 0.490 e. The van der Waals surface area contributed by atoms with Crippen molar-refractivity contribution in [2.75, 3.05) is 6.61 Å². The molecule has 2 aromatic rings. The maximum atomic E-state index is 13.5. The lowest BCUT2D eigenvalue weighted by molar-refractivity contribution is 0.135. The molecule has 0 bridgehead atoms. The predicted molar refractivity (Wildman–Crippen MR) is 98.1 cm³/mol. The fourth-order valence-corrected chi connectivity index (χ4v) is 2.91. The molecule has 7 nitrogen and oxygen atoms in total. The van der Waals surface area contributed by atoms with Crippen LogP contribution in [-0.2, 0) is 0 Å². The average molecular weight is 392 g/mol. The number of aromatic nitrogens is 2. The summed E-state index contributed by atoms with van der Waals surface area (Å²) in [5.41, 5.74) is 10.8. The van der Waals surface area contributed by atoms with Crippen LogP contribution in [0.3, 0.4) is 0 Å². The number of pyridine rings is 2. The van der Waals surface area contributed by atoms with Crippen molar-refractivity contribution in [3.8, 4) is 22.9 Å². The van der Waals surface area contributed by atoms with E-state index in [0.29, 0.717) is 11.5 Å². The van der Waals surface area contributed by atoms with E-state index in [-0.39, 0.29) is 23.9 Å². The van der Waals surface area contributed by atoms with Gasteiger partial charge in [-0.3, -0.25) is 0 Å². The second-order valence-corrected chi connectivity index (χ2v) is 7.27. The minimum absolute atomic E-state index is 0.00566. The van der Waals surface area contributed by atoms with Crippen LogP contribution in [0.15, 0.2) is 30.5 Å². The number of alkyl halides is 2. The third-order valence-electron chi connectivity index (χ3n) is 4.34. The number of primary amides is 1. The van der Waals surface area contributed by atoms with Crippen LogP contribution in [0.25, 0.3) is 11.3 Å². The monoisotopic (exact) mass is 392 g/mol. The predicted octanol–water partition coefficient (Wildman–Crippen LogP) is 3.44. The van der Waals surface area contributed by atoms with Crippen LogP contribution in [-0.4, -0.2) is 28.2 Å². The smallest absolute Gasteiger partial charge is 0.411 e. The van der Waals surface area contributed by atoms with Crippen molar-refractivity contribution < 1.29 is 23.0 Å². The molecular weight excluding hydrogens is 370 g/mol. The van der Waals surface area contributed by atoms with Crippen LogP contribution in [0.5, 0.6) is 11.6 Å². The van der Waals surface area contributed by atoms with Crippen LogP contribution < -0.4 is 20.9 Å². The van der Waals surface area contributed by atoms with Crippen molar-refractivity contribution in [1.82, 2.24) is 9.97 Å². The Bertz CT molecular complexity index is 857. The van der Waals surface area contributed by atoms with Gasteiger partial charge in [-0.2, -0.15) is 0 Å². The lowest BCUT2D eigenvalue weighted by atomic mass is 9.97. The van der Waals surface area contributed by atoms with Gasteiger partial charge in [0.25, 0.3) is 6.43 Å². The zero-order valence-electron chi connectivity index (χ0n) is 15.4. The maximum Gasteiger partial charge on any atom is 0.411 e. The molecule has 1 aliphatic rings. The van der Waals surface area contributed by atoms with E-state index in [1.54, 1.807) is 12.1 Å². The number of carbonyl (C=O) groups excluding carboxylic acids is 1. The zero-order valence-corrected chi connectivity index (χ0v) is 15.4. The molecule has 0 saturated heterocycles. The molecule has 0 spiro atoms.